The van der Waals surface area contributed by atoms with Crippen molar-refractivity contribution in [3.8, 4) is 39.4 Å². The maximum Gasteiger partial charge on any atom is 0.246 e. The molecule has 3 aromatic carbocycles. The van der Waals surface area contributed by atoms with Crippen molar-refractivity contribution >= 4 is 27.3 Å². The Morgan fingerprint density at radius 3 is 2.54 bits per heavy atom. The number of pyridine rings is 1. The van der Waals surface area contributed by atoms with E-state index in [1.165, 1.54) is 34.9 Å². The minimum Gasteiger partial charge on any atom is -0.490 e. The minimum absolute atomic E-state index is 0.0695. The molecule has 0 radical (unpaired) electrons. The van der Waals surface area contributed by atoms with Gasteiger partial charge in [-0.25, -0.2) is 9.37 Å². The van der Waals surface area contributed by atoms with E-state index < -0.39 is 0 Å². The number of rotatable bonds is 8. The number of carbonyl (C=O) groups is 1. The normalized spacial score (nSPS) is 14.6. The number of thiophene rings is 1. The van der Waals surface area contributed by atoms with Crippen molar-refractivity contribution in [3.63, 3.8) is 0 Å². The van der Waals surface area contributed by atoms with E-state index >= 15 is 0 Å². The fraction of sp³-hybridized carbons (Fsp3) is 0.263. The molecule has 6 nitrogen and oxygen atoms in total. The molecule has 7 rings (SSSR count). The Bertz CT molecular complexity index is 1970. The summed E-state index contributed by atoms with van der Waals surface area (Å²) in [5, 5.41) is 3.14. The predicted molar refractivity (Wildman–Crippen MR) is 183 cm³/mol. The molecule has 0 unspecified atom stereocenters. The zero-order valence-electron chi connectivity index (χ0n) is 26.1. The van der Waals surface area contributed by atoms with Crippen LogP contribution in [0.1, 0.15) is 22.3 Å². The molecule has 0 bridgehead atoms. The summed E-state index contributed by atoms with van der Waals surface area (Å²) in [4.78, 5) is 22.2. The van der Waals surface area contributed by atoms with Crippen molar-refractivity contribution in [1.82, 2.24) is 14.8 Å². The molecule has 46 heavy (non-hydrogen) atoms. The van der Waals surface area contributed by atoms with Gasteiger partial charge in [0.15, 0.2) is 0 Å². The van der Waals surface area contributed by atoms with Gasteiger partial charge in [0, 0.05) is 71.7 Å². The second kappa shape index (κ2) is 12.8. The lowest BCUT2D eigenvalue weighted by atomic mass is 9.91. The topological polar surface area (TPSA) is 54.9 Å². The van der Waals surface area contributed by atoms with E-state index in [-0.39, 0.29) is 18.3 Å². The first-order chi connectivity index (χ1) is 22.4. The Labute approximate surface area is 272 Å². The number of methoxy groups -OCH3 is 1. The summed E-state index contributed by atoms with van der Waals surface area (Å²) >= 11 is 1.65. The Balaban J connectivity index is 1.45. The molecule has 2 aromatic heterocycles. The molecule has 1 amide bonds. The SMILES string of the molecule is C=CC(=O)N1CCc2ccc(-c3nc(-c4ccc5c(c4)CCN(C)C5)c4ccsc4c3-c3ccc(F)cc3OCCOC)cc2C1. The van der Waals surface area contributed by atoms with Crippen LogP contribution < -0.4 is 4.74 Å². The molecular formula is C38H36FN3O3S. The molecule has 0 aliphatic carbocycles. The fourth-order valence-electron chi connectivity index (χ4n) is 6.62. The van der Waals surface area contributed by atoms with Crippen LogP contribution in [0.25, 0.3) is 43.7 Å². The highest BCUT2D eigenvalue weighted by Crippen LogP contribution is 2.46. The van der Waals surface area contributed by atoms with Gasteiger partial charge in [-0.15, -0.1) is 11.3 Å². The molecule has 0 N–H and O–H groups in total. The van der Waals surface area contributed by atoms with Gasteiger partial charge in [0.25, 0.3) is 0 Å². The minimum atomic E-state index is -0.370. The third-order valence-corrected chi connectivity index (χ3v) is 9.96. The second-order valence-electron chi connectivity index (χ2n) is 12.0. The summed E-state index contributed by atoms with van der Waals surface area (Å²) in [5.74, 6) is 0.00581. The van der Waals surface area contributed by atoms with Gasteiger partial charge in [0.1, 0.15) is 18.2 Å². The van der Waals surface area contributed by atoms with Crippen molar-refractivity contribution < 1.29 is 18.7 Å². The quantitative estimate of drug-likeness (QED) is 0.131. The summed E-state index contributed by atoms with van der Waals surface area (Å²) in [6.45, 7) is 7.50. The number of likely N-dealkylation sites (N-methyl/N-ethyl adjacent to an activating group) is 1. The summed E-state index contributed by atoms with van der Waals surface area (Å²) in [5.41, 5.74) is 10.4. The van der Waals surface area contributed by atoms with E-state index in [1.54, 1.807) is 24.5 Å². The smallest absolute Gasteiger partial charge is 0.246 e. The van der Waals surface area contributed by atoms with Crippen molar-refractivity contribution in [2.45, 2.75) is 25.9 Å². The lowest BCUT2D eigenvalue weighted by Crippen LogP contribution is -2.34. The zero-order chi connectivity index (χ0) is 31.8. The van der Waals surface area contributed by atoms with E-state index in [0.29, 0.717) is 25.4 Å². The molecule has 0 fully saturated rings. The van der Waals surface area contributed by atoms with Crippen molar-refractivity contribution in [3.05, 3.63) is 107 Å². The molecule has 2 aliphatic heterocycles. The average Bonchev–Trinajstić information content (AvgIpc) is 3.57. The average molecular weight is 634 g/mol. The van der Waals surface area contributed by atoms with E-state index in [9.17, 15) is 9.18 Å². The zero-order valence-corrected chi connectivity index (χ0v) is 27.0. The van der Waals surface area contributed by atoms with Gasteiger partial charge < -0.3 is 19.3 Å². The highest BCUT2D eigenvalue weighted by molar-refractivity contribution is 7.18. The van der Waals surface area contributed by atoms with Crippen LogP contribution in [0.15, 0.2) is 78.7 Å². The first-order valence-electron chi connectivity index (χ1n) is 15.6. The lowest BCUT2D eigenvalue weighted by molar-refractivity contribution is -0.126. The molecule has 0 spiro atoms. The number of ether oxygens (including phenoxy) is 2. The molecule has 0 saturated carbocycles. The standard InChI is InChI=1S/C38H36FN3O3S/c1-4-34(43)42-15-12-24-5-6-27(20-29(24)23-42)37-35(31-10-9-30(39)21-33(31)45-17-16-44-3)38-32(13-18-46-38)36(40-37)26-7-8-28-22-41(2)14-11-25(28)19-26/h4-10,13,18-21H,1,11-12,14-17,22-23H2,2-3H3. The number of hydrogen-bond donors (Lipinski definition) is 0. The molecule has 5 aromatic rings. The highest BCUT2D eigenvalue weighted by atomic mass is 32.1. The van der Waals surface area contributed by atoms with Gasteiger partial charge in [-0.05, 0) is 83.9 Å². The van der Waals surface area contributed by atoms with Gasteiger partial charge in [-0.3, -0.25) is 4.79 Å². The van der Waals surface area contributed by atoms with Crippen LogP contribution in [-0.4, -0.2) is 61.2 Å². The highest BCUT2D eigenvalue weighted by Gasteiger charge is 2.25. The van der Waals surface area contributed by atoms with E-state index in [1.807, 2.05) is 4.90 Å². The summed E-state index contributed by atoms with van der Waals surface area (Å²) in [7, 11) is 3.77. The molecule has 2 aliphatic rings. The van der Waals surface area contributed by atoms with Crippen LogP contribution in [-0.2, 0) is 35.5 Å². The van der Waals surface area contributed by atoms with Gasteiger partial charge in [-0.2, -0.15) is 0 Å². The number of hydrogen-bond acceptors (Lipinski definition) is 6. The maximum atomic E-state index is 14.7. The van der Waals surface area contributed by atoms with Crippen LogP contribution >= 0.6 is 11.3 Å². The van der Waals surface area contributed by atoms with Gasteiger partial charge in [0.05, 0.1) is 18.0 Å². The maximum absolute atomic E-state index is 14.7. The molecule has 8 heteroatoms. The number of amides is 1. The Morgan fingerprint density at radius 2 is 1.72 bits per heavy atom. The third kappa shape index (κ3) is 5.73. The molecule has 0 saturated heterocycles. The second-order valence-corrected chi connectivity index (χ2v) is 12.9. The lowest BCUT2D eigenvalue weighted by Gasteiger charge is -2.28. The van der Waals surface area contributed by atoms with Gasteiger partial charge in [0.2, 0.25) is 5.91 Å². The fourth-order valence-corrected chi connectivity index (χ4v) is 7.58. The van der Waals surface area contributed by atoms with Crippen LogP contribution in [0, 0.1) is 5.82 Å². The van der Waals surface area contributed by atoms with E-state index in [4.69, 9.17) is 14.5 Å². The predicted octanol–water partition coefficient (Wildman–Crippen LogP) is 7.52. The first-order valence-corrected chi connectivity index (χ1v) is 16.5. The number of fused-ring (bicyclic) bond motifs is 3. The number of halogens is 1. The third-order valence-electron chi connectivity index (χ3n) is 9.03. The van der Waals surface area contributed by atoms with Crippen molar-refractivity contribution in [1.29, 1.82) is 0 Å². The molecule has 234 valence electrons. The summed E-state index contributed by atoms with van der Waals surface area (Å²) < 4.78 is 27.0. The van der Waals surface area contributed by atoms with Crippen LogP contribution in [0.4, 0.5) is 4.39 Å². The number of nitrogens with zero attached hydrogens (tertiary/aromatic N) is 3. The van der Waals surface area contributed by atoms with Crippen LogP contribution in [0.3, 0.4) is 0 Å². The number of benzene rings is 3. The van der Waals surface area contributed by atoms with E-state index in [0.717, 1.165) is 75.2 Å². The molecular weight excluding hydrogens is 598 g/mol. The molecule has 0 atom stereocenters. The Kier molecular flexibility index (Phi) is 8.42. The van der Waals surface area contributed by atoms with Gasteiger partial charge >= 0.3 is 0 Å². The van der Waals surface area contributed by atoms with Gasteiger partial charge in [-0.1, -0.05) is 30.8 Å². The van der Waals surface area contributed by atoms with Crippen LogP contribution in [0.5, 0.6) is 5.75 Å². The molecule has 4 heterocycles. The summed E-state index contributed by atoms with van der Waals surface area (Å²) in [6.07, 6.45) is 3.16. The Morgan fingerprint density at radius 1 is 0.935 bits per heavy atom. The van der Waals surface area contributed by atoms with Crippen LogP contribution in [0.2, 0.25) is 0 Å². The summed E-state index contributed by atoms with van der Waals surface area (Å²) in [6, 6.07) is 20.0. The largest absolute Gasteiger partial charge is 0.490 e. The number of aromatic nitrogens is 1. The van der Waals surface area contributed by atoms with Crippen molar-refractivity contribution in [2.24, 2.45) is 0 Å². The Hall–Kier alpha value is -4.37. The van der Waals surface area contributed by atoms with Crippen molar-refractivity contribution in [2.75, 3.05) is 40.5 Å². The monoisotopic (exact) mass is 633 g/mol. The number of carbonyl (C=O) groups excluding carboxylic acids is 1. The first kappa shape index (κ1) is 30.3. The van der Waals surface area contributed by atoms with E-state index in [2.05, 4.69) is 66.4 Å².